The van der Waals surface area contributed by atoms with Gasteiger partial charge in [0.1, 0.15) is 11.6 Å². The molecule has 0 saturated heterocycles. The second kappa shape index (κ2) is 8.60. The van der Waals surface area contributed by atoms with Crippen molar-refractivity contribution in [1.29, 1.82) is 0 Å². The number of rotatable bonds is 8. The molecule has 7 N–H and O–H groups in total. The van der Waals surface area contributed by atoms with Crippen molar-refractivity contribution in [3.8, 4) is 0 Å². The predicted octanol–water partition coefficient (Wildman–Crippen LogP) is 1.47. The summed E-state index contributed by atoms with van der Waals surface area (Å²) in [4.78, 5) is 47.0. The number of aromatic nitrogens is 3. The lowest BCUT2D eigenvalue weighted by Gasteiger charge is -2.18. The third-order valence-electron chi connectivity index (χ3n) is 4.39. The van der Waals surface area contributed by atoms with Crippen LogP contribution in [-0.4, -0.2) is 32.8 Å². The molecule has 3 rings (SSSR count). The highest BCUT2D eigenvalue weighted by Gasteiger charge is 2.21. The van der Waals surface area contributed by atoms with Crippen molar-refractivity contribution < 1.29 is 9.59 Å². The Morgan fingerprint density at radius 2 is 1.97 bits per heavy atom. The van der Waals surface area contributed by atoms with Crippen LogP contribution in [-0.2, 0) is 4.79 Å². The molecule has 0 radical (unpaired) electrons. The van der Waals surface area contributed by atoms with Crippen molar-refractivity contribution in [2.75, 3.05) is 10.6 Å². The van der Waals surface area contributed by atoms with E-state index in [1.165, 1.54) is 0 Å². The van der Waals surface area contributed by atoms with Gasteiger partial charge in [-0.2, -0.15) is 4.98 Å². The van der Waals surface area contributed by atoms with Crippen LogP contribution < -0.4 is 27.7 Å². The number of pyridine rings is 1. The molecule has 2 amide bonds. The Labute approximate surface area is 172 Å². The lowest BCUT2D eigenvalue weighted by molar-refractivity contribution is -0.119. The maximum absolute atomic E-state index is 12.5. The summed E-state index contributed by atoms with van der Waals surface area (Å²) in [6, 6.07) is 8.26. The fourth-order valence-corrected chi connectivity index (χ4v) is 3.03. The summed E-state index contributed by atoms with van der Waals surface area (Å²) in [5, 5.41) is 6.64. The highest BCUT2D eigenvalue weighted by atomic mass is 16.2. The molecular formula is C20H23N7O3. The van der Waals surface area contributed by atoms with Gasteiger partial charge in [0.05, 0.1) is 5.52 Å². The van der Waals surface area contributed by atoms with Crippen LogP contribution in [0.5, 0.6) is 0 Å². The van der Waals surface area contributed by atoms with Crippen molar-refractivity contribution in [2.45, 2.75) is 26.3 Å². The molecule has 0 unspecified atom stereocenters. The summed E-state index contributed by atoms with van der Waals surface area (Å²) < 4.78 is 0. The van der Waals surface area contributed by atoms with Gasteiger partial charge in [-0.25, -0.2) is 0 Å². The minimum atomic E-state index is -0.936. The van der Waals surface area contributed by atoms with Crippen molar-refractivity contribution in [3.05, 3.63) is 52.4 Å². The topological polar surface area (TPSA) is 169 Å². The van der Waals surface area contributed by atoms with Crippen LogP contribution >= 0.6 is 0 Å². The Hall–Kier alpha value is -3.95. The largest absolute Gasteiger partial charge is 0.368 e. The zero-order valence-corrected chi connectivity index (χ0v) is 16.6. The zero-order valence-electron chi connectivity index (χ0n) is 16.6. The normalized spacial score (nSPS) is 12.0. The fourth-order valence-electron chi connectivity index (χ4n) is 3.03. The van der Waals surface area contributed by atoms with Gasteiger partial charge in [-0.15, -0.1) is 0 Å². The molecule has 0 fully saturated rings. The molecule has 1 atom stereocenters. The van der Waals surface area contributed by atoms with E-state index in [9.17, 15) is 14.4 Å². The third kappa shape index (κ3) is 4.72. The Bertz CT molecular complexity index is 1160. The van der Waals surface area contributed by atoms with E-state index in [4.69, 9.17) is 11.5 Å². The monoisotopic (exact) mass is 409 g/mol. The number of hydrogen-bond donors (Lipinski definition) is 5. The summed E-state index contributed by atoms with van der Waals surface area (Å²) in [6.07, 6.45) is 2.13. The van der Waals surface area contributed by atoms with Crippen LogP contribution in [0, 0.1) is 5.92 Å². The van der Waals surface area contributed by atoms with Gasteiger partial charge in [-0.1, -0.05) is 19.9 Å². The molecule has 2 heterocycles. The average molecular weight is 409 g/mol. The second-order valence-corrected chi connectivity index (χ2v) is 7.27. The number of fused-ring (bicyclic) bond motifs is 1. The van der Waals surface area contributed by atoms with Crippen LogP contribution in [0.25, 0.3) is 10.9 Å². The Balaban J connectivity index is 1.99. The van der Waals surface area contributed by atoms with Gasteiger partial charge in [0, 0.05) is 17.3 Å². The van der Waals surface area contributed by atoms with Gasteiger partial charge >= 0.3 is 0 Å². The van der Waals surface area contributed by atoms with Gasteiger partial charge in [-0.3, -0.25) is 24.4 Å². The number of nitrogens with one attached hydrogen (secondary N) is 3. The molecule has 0 aliphatic heterocycles. The lowest BCUT2D eigenvalue weighted by atomic mass is 10.0. The van der Waals surface area contributed by atoms with E-state index in [1.54, 1.807) is 30.5 Å². The highest BCUT2D eigenvalue weighted by Crippen LogP contribution is 2.22. The molecule has 10 heteroatoms. The number of H-pyrrole nitrogens is 1. The van der Waals surface area contributed by atoms with Crippen molar-refractivity contribution in [3.63, 3.8) is 0 Å². The van der Waals surface area contributed by atoms with E-state index in [2.05, 4.69) is 25.6 Å². The maximum atomic E-state index is 12.5. The second-order valence-electron chi connectivity index (χ2n) is 7.27. The van der Waals surface area contributed by atoms with Gasteiger partial charge in [0.15, 0.2) is 5.82 Å². The van der Waals surface area contributed by atoms with E-state index in [1.807, 2.05) is 19.9 Å². The Morgan fingerprint density at radius 3 is 2.63 bits per heavy atom. The van der Waals surface area contributed by atoms with Crippen LogP contribution in [0.3, 0.4) is 0 Å². The van der Waals surface area contributed by atoms with Gasteiger partial charge in [0.2, 0.25) is 11.9 Å². The van der Waals surface area contributed by atoms with E-state index in [0.717, 1.165) is 10.9 Å². The fraction of sp³-hybridized carbons (Fsp3) is 0.250. The number of carbonyl (C=O) groups excluding carboxylic acids is 2. The molecule has 2 aromatic heterocycles. The number of anilines is 3. The Kier molecular flexibility index (Phi) is 5.95. The first-order valence-electron chi connectivity index (χ1n) is 9.36. The number of hydrogen-bond acceptors (Lipinski definition) is 7. The standard InChI is InChI=1S/C20H23N7O3/c1-10(2)8-14(16(21)28)25-20-26-18(15(17(22)29)19(30)27-20)24-12-5-6-13-11(9-12)4-3-7-23-13/h3-7,9-10,14H,8H2,1-2H3,(H2,21,28)(H2,22,29)(H3,24,25,26,27,30)/t14-/m1/s1. The van der Waals surface area contributed by atoms with Crippen LogP contribution in [0.1, 0.15) is 30.6 Å². The van der Waals surface area contributed by atoms with E-state index in [0.29, 0.717) is 12.1 Å². The number of amides is 2. The average Bonchev–Trinajstić information content (AvgIpc) is 2.66. The first kappa shape index (κ1) is 20.8. The van der Waals surface area contributed by atoms with Crippen molar-refractivity contribution in [1.82, 2.24) is 15.0 Å². The number of benzene rings is 1. The van der Waals surface area contributed by atoms with Crippen LogP contribution in [0.15, 0.2) is 41.3 Å². The molecule has 1 aromatic carbocycles. The first-order chi connectivity index (χ1) is 14.2. The number of primary amides is 2. The molecule has 3 aromatic rings. The number of carbonyl (C=O) groups is 2. The molecule has 30 heavy (non-hydrogen) atoms. The SMILES string of the molecule is CC(C)C[C@@H](Nc1nc(Nc2ccc3ncccc3c2)c(C(N)=O)c(=O)[nH]1)C(N)=O. The smallest absolute Gasteiger partial charge is 0.267 e. The predicted molar refractivity (Wildman–Crippen MR) is 114 cm³/mol. The van der Waals surface area contributed by atoms with E-state index >= 15 is 0 Å². The summed E-state index contributed by atoms with van der Waals surface area (Å²) in [5.41, 5.74) is 11.1. The summed E-state index contributed by atoms with van der Waals surface area (Å²) in [5.74, 6) is -1.38. The van der Waals surface area contributed by atoms with E-state index < -0.39 is 23.4 Å². The quantitative estimate of drug-likeness (QED) is 0.375. The lowest BCUT2D eigenvalue weighted by Crippen LogP contribution is -2.38. The van der Waals surface area contributed by atoms with Gasteiger partial charge < -0.3 is 22.1 Å². The van der Waals surface area contributed by atoms with Gasteiger partial charge in [0.25, 0.3) is 11.5 Å². The molecule has 156 valence electrons. The Morgan fingerprint density at radius 1 is 1.20 bits per heavy atom. The van der Waals surface area contributed by atoms with Crippen molar-refractivity contribution >= 4 is 40.2 Å². The summed E-state index contributed by atoms with van der Waals surface area (Å²) in [7, 11) is 0. The van der Waals surface area contributed by atoms with Crippen LogP contribution in [0.2, 0.25) is 0 Å². The number of aromatic amines is 1. The minimum Gasteiger partial charge on any atom is -0.368 e. The van der Waals surface area contributed by atoms with Gasteiger partial charge in [-0.05, 0) is 36.6 Å². The molecule has 0 bridgehead atoms. The highest BCUT2D eigenvalue weighted by molar-refractivity contribution is 5.98. The molecular weight excluding hydrogens is 386 g/mol. The van der Waals surface area contributed by atoms with Crippen LogP contribution in [0.4, 0.5) is 17.5 Å². The number of nitrogens with two attached hydrogens (primary N) is 2. The molecule has 10 nitrogen and oxygen atoms in total. The summed E-state index contributed by atoms with van der Waals surface area (Å²) in [6.45, 7) is 3.87. The molecule has 0 aliphatic rings. The third-order valence-corrected chi connectivity index (χ3v) is 4.39. The zero-order chi connectivity index (χ0) is 21.8. The van der Waals surface area contributed by atoms with E-state index in [-0.39, 0.29) is 23.2 Å². The first-order valence-corrected chi connectivity index (χ1v) is 9.36. The summed E-state index contributed by atoms with van der Waals surface area (Å²) >= 11 is 0. The number of nitrogens with zero attached hydrogens (tertiary/aromatic N) is 2. The molecule has 0 spiro atoms. The minimum absolute atomic E-state index is 0.000550. The molecule has 0 saturated carbocycles. The van der Waals surface area contributed by atoms with Crippen molar-refractivity contribution in [2.24, 2.45) is 17.4 Å². The maximum Gasteiger partial charge on any atom is 0.267 e. The molecule has 0 aliphatic carbocycles.